The molecule has 3 unspecified atom stereocenters. The smallest absolute Gasteiger partial charge is 0.456 e. The van der Waals surface area contributed by atoms with Crippen LogP contribution >= 0.6 is 7.82 Å². The van der Waals surface area contributed by atoms with E-state index in [9.17, 15) is 19.0 Å². The average Bonchev–Trinajstić information content (AvgIpc) is 3.39. The summed E-state index contributed by atoms with van der Waals surface area (Å²) in [5.74, 6) is -0.562. The third-order valence-corrected chi connectivity index (χ3v) is 14.2. The fourth-order valence-electron chi connectivity index (χ4n) is 8.38. The number of hydrogen-bond donors (Lipinski definition) is 2. The van der Waals surface area contributed by atoms with Crippen LogP contribution in [0.25, 0.3) is 0 Å². The highest BCUT2D eigenvalue weighted by Crippen LogP contribution is 2.43. The Morgan fingerprint density at radius 2 is 0.831 bits per heavy atom. The van der Waals surface area contributed by atoms with Crippen molar-refractivity contribution in [2.45, 2.75) is 264 Å². The number of carbonyl (C=O) groups excluding carboxylic acids is 2. The summed E-state index contributed by atoms with van der Waals surface area (Å²) in [5, 5.41) is 3.04. The van der Waals surface area contributed by atoms with Crippen molar-refractivity contribution in [3.63, 3.8) is 0 Å². The topological polar surface area (TPSA) is 111 Å². The molecule has 0 aliphatic carbocycles. The SMILES string of the molecule is CC/C=C\C/C=C\C/C=C\C/C=C\C/C=C\CCCCCC(=O)OC(/C=C/CCCCCCCCCCCCC)C(COP(=O)(O)OCC[N+](C)(C)C)NC(=O)CCCCCCCC/C=C\C/C=C\C/C=C\CCCCC. The molecular weight excluding hydrogens is 976 g/mol. The Bertz CT molecular complexity index is 1690. The van der Waals surface area contributed by atoms with E-state index in [-0.39, 0.29) is 31.5 Å². The number of carbonyl (C=O) groups is 2. The van der Waals surface area contributed by atoms with Crippen molar-refractivity contribution in [3.8, 4) is 0 Å². The molecule has 0 fully saturated rings. The zero-order valence-corrected chi connectivity index (χ0v) is 51.3. The molecule has 1 amide bonds. The molecule has 0 rings (SSSR count). The largest absolute Gasteiger partial charge is 0.472 e. The summed E-state index contributed by atoms with van der Waals surface area (Å²) in [7, 11) is 1.45. The Morgan fingerprint density at radius 3 is 1.29 bits per heavy atom. The first kappa shape index (κ1) is 73.7. The van der Waals surface area contributed by atoms with Gasteiger partial charge in [0.15, 0.2) is 0 Å². The summed E-state index contributed by atoms with van der Waals surface area (Å²) in [5.41, 5.74) is 0. The number of phosphoric ester groups is 1. The molecule has 9 nitrogen and oxygen atoms in total. The van der Waals surface area contributed by atoms with Crippen molar-refractivity contribution < 1.29 is 37.3 Å². The maximum Gasteiger partial charge on any atom is 0.472 e. The van der Waals surface area contributed by atoms with E-state index < -0.39 is 20.0 Å². The van der Waals surface area contributed by atoms with Gasteiger partial charge in [-0.25, -0.2) is 4.57 Å². The van der Waals surface area contributed by atoms with Crippen molar-refractivity contribution >= 4 is 19.7 Å². The van der Waals surface area contributed by atoms with Crippen molar-refractivity contribution in [1.29, 1.82) is 0 Å². The summed E-state index contributed by atoms with van der Waals surface area (Å²) in [4.78, 5) is 37.7. The van der Waals surface area contributed by atoms with Crippen LogP contribution in [0.4, 0.5) is 0 Å². The Kier molecular flexibility index (Phi) is 53.5. The van der Waals surface area contributed by atoms with Crippen molar-refractivity contribution in [3.05, 3.63) is 109 Å². The molecule has 0 spiro atoms. The first-order valence-corrected chi connectivity index (χ1v) is 32.7. The Hall–Kier alpha value is -3.33. The van der Waals surface area contributed by atoms with Gasteiger partial charge in [-0.1, -0.05) is 233 Å². The van der Waals surface area contributed by atoms with Gasteiger partial charge in [-0.3, -0.25) is 18.6 Å². The molecule has 2 N–H and O–H groups in total. The molecule has 0 aromatic rings. The van der Waals surface area contributed by atoms with E-state index in [4.69, 9.17) is 13.8 Å². The summed E-state index contributed by atoms with van der Waals surface area (Å²) < 4.78 is 30.7. The lowest BCUT2D eigenvalue weighted by molar-refractivity contribution is -0.870. The maximum atomic E-state index is 13.6. The predicted octanol–water partition coefficient (Wildman–Crippen LogP) is 19.3. The van der Waals surface area contributed by atoms with Gasteiger partial charge in [-0.05, 0) is 115 Å². The van der Waals surface area contributed by atoms with Crippen molar-refractivity contribution in [2.75, 3.05) is 40.9 Å². The van der Waals surface area contributed by atoms with Gasteiger partial charge < -0.3 is 19.4 Å². The van der Waals surface area contributed by atoms with Crippen molar-refractivity contribution in [2.24, 2.45) is 0 Å². The zero-order chi connectivity index (χ0) is 56.4. The van der Waals surface area contributed by atoms with Crippen molar-refractivity contribution in [1.82, 2.24) is 5.32 Å². The van der Waals surface area contributed by atoms with E-state index in [2.05, 4.69) is 123 Å². The molecule has 0 aliphatic heterocycles. The molecule has 3 atom stereocenters. The highest BCUT2D eigenvalue weighted by molar-refractivity contribution is 7.47. The molecule has 0 saturated heterocycles. The minimum atomic E-state index is -4.47. The quantitative estimate of drug-likeness (QED) is 0.0205. The molecule has 0 aromatic carbocycles. The van der Waals surface area contributed by atoms with E-state index in [1.165, 1.54) is 83.5 Å². The van der Waals surface area contributed by atoms with Crippen LogP contribution in [-0.2, 0) is 27.9 Å². The second-order valence-electron chi connectivity index (χ2n) is 21.8. The minimum absolute atomic E-state index is 0.0263. The molecule has 77 heavy (non-hydrogen) atoms. The molecule has 10 heteroatoms. The van der Waals surface area contributed by atoms with E-state index in [1.54, 1.807) is 0 Å². The highest BCUT2D eigenvalue weighted by atomic mass is 31.2. The van der Waals surface area contributed by atoms with E-state index in [1.807, 2.05) is 33.3 Å². The van der Waals surface area contributed by atoms with Crippen LogP contribution in [0, 0.1) is 0 Å². The van der Waals surface area contributed by atoms with Crippen LogP contribution in [0.2, 0.25) is 0 Å². The first-order chi connectivity index (χ1) is 37.4. The number of quaternary nitrogens is 1. The lowest BCUT2D eigenvalue weighted by Crippen LogP contribution is -2.47. The average molecular weight is 1090 g/mol. The van der Waals surface area contributed by atoms with Gasteiger partial charge in [-0.15, -0.1) is 0 Å². The summed E-state index contributed by atoms with van der Waals surface area (Å²) >= 11 is 0. The summed E-state index contributed by atoms with van der Waals surface area (Å²) in [6.45, 7) is 6.83. The van der Waals surface area contributed by atoms with Gasteiger partial charge in [-0.2, -0.15) is 0 Å². The number of phosphoric acid groups is 1. The van der Waals surface area contributed by atoms with E-state index >= 15 is 0 Å². The van der Waals surface area contributed by atoms with Gasteiger partial charge in [0.1, 0.15) is 19.3 Å². The van der Waals surface area contributed by atoms with Crippen LogP contribution in [0.3, 0.4) is 0 Å². The van der Waals surface area contributed by atoms with Gasteiger partial charge in [0.2, 0.25) is 5.91 Å². The molecule has 0 heterocycles. The summed E-state index contributed by atoms with van der Waals surface area (Å²) in [6.07, 6.45) is 76.5. The van der Waals surface area contributed by atoms with Crippen LogP contribution in [0.15, 0.2) is 109 Å². The fraction of sp³-hybridized carbons (Fsp3) is 0.701. The third-order valence-electron chi connectivity index (χ3n) is 13.2. The number of hydrogen-bond acceptors (Lipinski definition) is 6. The van der Waals surface area contributed by atoms with Crippen LogP contribution < -0.4 is 5.32 Å². The van der Waals surface area contributed by atoms with Crippen LogP contribution in [-0.4, -0.2) is 74.3 Å². The highest BCUT2D eigenvalue weighted by Gasteiger charge is 2.30. The molecule has 0 saturated carbocycles. The number of nitrogens with one attached hydrogen (secondary N) is 1. The second-order valence-corrected chi connectivity index (χ2v) is 23.3. The number of unbranched alkanes of at least 4 members (excludes halogenated alkanes) is 23. The standard InChI is InChI=1S/C67H117N2O7P/c1-7-10-13-16-19-22-25-28-30-32-34-36-38-41-44-47-50-53-56-59-66(70)68-64(63-75-77(72,73)74-62-61-69(4,5)6)65(58-55-52-49-46-43-40-27-24-21-18-15-12-9-3)76-67(71)60-57-54-51-48-45-42-39-37-35-33-31-29-26-23-20-17-14-11-8-2/h11,14,19-20,22-23,28-31,34-37,42,45,55,58,64-65H,7-10,12-13,15-18,21,24-27,32-33,38-41,43-44,46-54,56-57,59-63H2,1-6H3,(H-,68,70,72,73)/p+1/b14-11-,22-19-,23-20-,30-28-,31-29-,36-34-,37-35-,45-42-,58-55+. The van der Waals surface area contributed by atoms with Crippen LogP contribution in [0.1, 0.15) is 252 Å². The Morgan fingerprint density at radius 1 is 0.468 bits per heavy atom. The van der Waals surface area contributed by atoms with Gasteiger partial charge in [0.25, 0.3) is 0 Å². The number of ether oxygens (including phenoxy) is 1. The van der Waals surface area contributed by atoms with E-state index in [0.717, 1.165) is 128 Å². The minimum Gasteiger partial charge on any atom is -0.456 e. The lowest BCUT2D eigenvalue weighted by atomic mass is 10.0. The zero-order valence-electron chi connectivity index (χ0n) is 50.4. The molecule has 0 aliphatic rings. The molecule has 0 aromatic heterocycles. The van der Waals surface area contributed by atoms with Gasteiger partial charge in [0, 0.05) is 12.8 Å². The van der Waals surface area contributed by atoms with Crippen LogP contribution in [0.5, 0.6) is 0 Å². The Labute approximate surface area is 474 Å². The molecule has 442 valence electrons. The molecule has 0 radical (unpaired) electrons. The number of esters is 1. The number of amides is 1. The van der Waals surface area contributed by atoms with E-state index in [0.29, 0.717) is 23.9 Å². The molecular formula is C67H118N2O7P+. The lowest BCUT2D eigenvalue weighted by Gasteiger charge is -2.27. The third kappa shape index (κ3) is 57.2. The monoisotopic (exact) mass is 1090 g/mol. The number of nitrogens with zero attached hydrogens (tertiary/aromatic N) is 1. The number of likely N-dealkylation sites (N-methyl/N-ethyl adjacent to an activating group) is 1. The first-order valence-electron chi connectivity index (χ1n) is 31.2. The predicted molar refractivity (Wildman–Crippen MR) is 332 cm³/mol. The second kappa shape index (κ2) is 56.0. The van der Waals surface area contributed by atoms with Gasteiger partial charge >= 0.3 is 13.8 Å². The summed E-state index contributed by atoms with van der Waals surface area (Å²) in [6, 6.07) is -0.876. The number of allylic oxidation sites excluding steroid dienone is 17. The number of rotatable bonds is 55. The fourth-order valence-corrected chi connectivity index (χ4v) is 9.12. The Balaban J connectivity index is 5.39. The maximum absolute atomic E-state index is 13.6. The van der Waals surface area contributed by atoms with Gasteiger partial charge in [0.05, 0.1) is 33.8 Å². The molecule has 0 bridgehead atoms. The normalized spacial score (nSPS) is 14.4.